The van der Waals surface area contributed by atoms with Crippen molar-refractivity contribution in [2.45, 2.75) is 6.54 Å². The van der Waals surface area contributed by atoms with Crippen molar-refractivity contribution in [2.75, 3.05) is 5.32 Å². The highest BCUT2D eigenvalue weighted by Crippen LogP contribution is 2.28. The molecule has 3 aromatic rings. The number of pyridine rings is 1. The quantitative estimate of drug-likeness (QED) is 0.700. The van der Waals surface area contributed by atoms with Crippen molar-refractivity contribution >= 4 is 34.1 Å². The summed E-state index contributed by atoms with van der Waals surface area (Å²) < 4.78 is 1.39. The summed E-state index contributed by atoms with van der Waals surface area (Å²) in [5.41, 5.74) is -0.0447. The van der Waals surface area contributed by atoms with Gasteiger partial charge in [-0.05, 0) is 24.3 Å². The number of amides is 1. The summed E-state index contributed by atoms with van der Waals surface area (Å²) in [6.45, 7) is 3.85. The molecular weight excluding hydrogens is 340 g/mol. The smallest absolute Gasteiger partial charge is 0.268 e. The normalized spacial score (nSPS) is 10.6. The lowest BCUT2D eigenvalue weighted by Gasteiger charge is -2.14. The molecule has 0 saturated carbocycles. The van der Waals surface area contributed by atoms with Crippen LogP contribution in [0.5, 0.6) is 5.75 Å². The van der Waals surface area contributed by atoms with Crippen LogP contribution in [-0.2, 0) is 6.54 Å². The number of carbonyl (C=O) groups excluding carboxylic acids is 1. The van der Waals surface area contributed by atoms with Crippen LogP contribution in [0.1, 0.15) is 10.4 Å². The molecule has 0 saturated heterocycles. The molecule has 1 aromatic heterocycles. The molecule has 1 heterocycles. The van der Waals surface area contributed by atoms with Gasteiger partial charge in [0.1, 0.15) is 11.3 Å². The van der Waals surface area contributed by atoms with E-state index >= 15 is 0 Å². The second kappa shape index (κ2) is 6.83. The molecule has 2 aromatic carbocycles. The van der Waals surface area contributed by atoms with Crippen LogP contribution in [0.3, 0.4) is 0 Å². The molecule has 0 aliphatic carbocycles. The molecule has 0 fully saturated rings. The number of aromatic nitrogens is 1. The number of aromatic hydroxyl groups is 1. The molecule has 0 spiro atoms. The van der Waals surface area contributed by atoms with E-state index in [1.54, 1.807) is 54.6 Å². The second-order valence-corrected chi connectivity index (χ2v) is 5.79. The average molecular weight is 355 g/mol. The Morgan fingerprint density at radius 1 is 1.20 bits per heavy atom. The number of hydrogen-bond donors (Lipinski definition) is 2. The number of anilines is 1. The summed E-state index contributed by atoms with van der Waals surface area (Å²) in [7, 11) is 0. The van der Waals surface area contributed by atoms with Gasteiger partial charge in [-0.15, -0.1) is 6.58 Å². The summed E-state index contributed by atoms with van der Waals surface area (Å²) in [5, 5.41) is 13.8. The molecule has 0 bridgehead atoms. The van der Waals surface area contributed by atoms with Crippen molar-refractivity contribution in [2.24, 2.45) is 0 Å². The largest absolute Gasteiger partial charge is 0.506 e. The van der Waals surface area contributed by atoms with Crippen molar-refractivity contribution in [3.63, 3.8) is 0 Å². The predicted molar refractivity (Wildman–Crippen MR) is 99.5 cm³/mol. The minimum absolute atomic E-state index is 0.214. The number of hydrogen-bond acceptors (Lipinski definition) is 3. The van der Waals surface area contributed by atoms with Crippen molar-refractivity contribution < 1.29 is 9.90 Å². The van der Waals surface area contributed by atoms with Gasteiger partial charge in [0.2, 0.25) is 0 Å². The maximum absolute atomic E-state index is 12.8. The number of rotatable bonds is 4. The maximum atomic E-state index is 12.8. The van der Waals surface area contributed by atoms with Crippen molar-refractivity contribution in [1.29, 1.82) is 0 Å². The number of allylic oxidation sites excluding steroid dienone is 1. The first-order valence-electron chi connectivity index (χ1n) is 7.56. The number of carbonyl (C=O) groups is 1. The van der Waals surface area contributed by atoms with Gasteiger partial charge in [-0.1, -0.05) is 41.9 Å². The van der Waals surface area contributed by atoms with Crippen molar-refractivity contribution in [1.82, 2.24) is 4.57 Å². The highest BCUT2D eigenvalue weighted by molar-refractivity contribution is 6.34. The molecular formula is C19H15ClN2O3. The lowest BCUT2D eigenvalue weighted by atomic mass is 10.1. The van der Waals surface area contributed by atoms with E-state index in [1.165, 1.54) is 4.57 Å². The fourth-order valence-corrected chi connectivity index (χ4v) is 2.83. The first-order valence-corrected chi connectivity index (χ1v) is 7.93. The molecule has 5 nitrogen and oxygen atoms in total. The van der Waals surface area contributed by atoms with Gasteiger partial charge in [-0.3, -0.25) is 9.59 Å². The van der Waals surface area contributed by atoms with E-state index in [0.717, 1.165) is 0 Å². The molecule has 2 N–H and O–H groups in total. The number of nitrogens with one attached hydrogen (secondary N) is 1. The van der Waals surface area contributed by atoms with Crippen LogP contribution in [0, 0.1) is 0 Å². The molecule has 3 rings (SSSR count). The number of benzene rings is 2. The highest BCUT2D eigenvalue weighted by Gasteiger charge is 2.22. The Kier molecular flexibility index (Phi) is 4.59. The lowest BCUT2D eigenvalue weighted by Crippen LogP contribution is -2.29. The third-order valence-electron chi connectivity index (χ3n) is 3.81. The third-order valence-corrected chi connectivity index (χ3v) is 4.14. The molecule has 0 aliphatic rings. The molecule has 6 heteroatoms. The van der Waals surface area contributed by atoms with E-state index < -0.39 is 11.5 Å². The summed E-state index contributed by atoms with van der Waals surface area (Å²) >= 11 is 6.04. The topological polar surface area (TPSA) is 71.3 Å². The van der Waals surface area contributed by atoms with Crippen LogP contribution in [0.15, 0.2) is 66.0 Å². The van der Waals surface area contributed by atoms with Crippen LogP contribution in [0.25, 0.3) is 10.9 Å². The highest BCUT2D eigenvalue weighted by atomic mass is 35.5. The molecule has 0 radical (unpaired) electrons. The van der Waals surface area contributed by atoms with E-state index in [9.17, 15) is 14.7 Å². The van der Waals surface area contributed by atoms with E-state index in [0.29, 0.717) is 21.6 Å². The molecule has 0 aliphatic heterocycles. The van der Waals surface area contributed by atoms with Gasteiger partial charge in [0, 0.05) is 11.9 Å². The molecule has 0 unspecified atom stereocenters. The summed E-state index contributed by atoms with van der Waals surface area (Å²) in [4.78, 5) is 25.4. The number of fused-ring (bicyclic) bond motifs is 1. The minimum Gasteiger partial charge on any atom is -0.506 e. The van der Waals surface area contributed by atoms with Crippen LogP contribution in [0.2, 0.25) is 5.02 Å². The van der Waals surface area contributed by atoms with E-state index in [1.807, 2.05) is 0 Å². The Balaban J connectivity index is 2.19. The van der Waals surface area contributed by atoms with Crippen LogP contribution >= 0.6 is 11.6 Å². The predicted octanol–water partition coefficient (Wildman–Crippen LogP) is 3.80. The third kappa shape index (κ3) is 3.02. The molecule has 0 atom stereocenters. The summed E-state index contributed by atoms with van der Waals surface area (Å²) in [5.74, 6) is -1.08. The Bertz CT molecular complexity index is 1040. The minimum atomic E-state index is -0.723. The average Bonchev–Trinajstić information content (AvgIpc) is 2.61. The monoisotopic (exact) mass is 354 g/mol. The first kappa shape index (κ1) is 16.8. The van der Waals surface area contributed by atoms with E-state index in [4.69, 9.17) is 11.6 Å². The Morgan fingerprint density at radius 2 is 1.88 bits per heavy atom. The first-order chi connectivity index (χ1) is 12.0. The maximum Gasteiger partial charge on any atom is 0.268 e. The van der Waals surface area contributed by atoms with Gasteiger partial charge in [-0.2, -0.15) is 0 Å². The fraction of sp³-hybridized carbons (Fsp3) is 0.0526. The van der Waals surface area contributed by atoms with E-state index in [-0.39, 0.29) is 17.9 Å². The molecule has 126 valence electrons. The Hall–Kier alpha value is -3.05. The zero-order valence-electron chi connectivity index (χ0n) is 13.2. The Morgan fingerprint density at radius 3 is 2.60 bits per heavy atom. The Labute approximate surface area is 148 Å². The zero-order chi connectivity index (χ0) is 18.0. The SMILES string of the molecule is C=CCn1c(=O)c(C(=O)Nc2ccccc2Cl)c(O)c2ccccc21. The zero-order valence-corrected chi connectivity index (χ0v) is 14.0. The molecule has 25 heavy (non-hydrogen) atoms. The van der Waals surface area contributed by atoms with Gasteiger partial charge in [0.25, 0.3) is 11.5 Å². The number of para-hydroxylation sites is 2. The van der Waals surface area contributed by atoms with E-state index in [2.05, 4.69) is 11.9 Å². The summed E-state index contributed by atoms with van der Waals surface area (Å²) in [6, 6.07) is 13.5. The fourth-order valence-electron chi connectivity index (χ4n) is 2.65. The van der Waals surface area contributed by atoms with Crippen molar-refractivity contribution in [3.05, 3.63) is 82.1 Å². The van der Waals surface area contributed by atoms with Crippen LogP contribution in [0.4, 0.5) is 5.69 Å². The molecule has 1 amide bonds. The van der Waals surface area contributed by atoms with Crippen molar-refractivity contribution in [3.8, 4) is 5.75 Å². The number of nitrogens with zero attached hydrogens (tertiary/aromatic N) is 1. The second-order valence-electron chi connectivity index (χ2n) is 5.38. The van der Waals surface area contributed by atoms with Gasteiger partial charge >= 0.3 is 0 Å². The van der Waals surface area contributed by atoms with Crippen LogP contribution < -0.4 is 10.9 Å². The summed E-state index contributed by atoms with van der Waals surface area (Å²) in [6.07, 6.45) is 1.56. The van der Waals surface area contributed by atoms with Gasteiger partial charge < -0.3 is 15.0 Å². The van der Waals surface area contributed by atoms with Gasteiger partial charge in [-0.25, -0.2) is 0 Å². The number of halogens is 1. The lowest BCUT2D eigenvalue weighted by molar-refractivity contribution is 0.102. The van der Waals surface area contributed by atoms with Gasteiger partial charge in [0.15, 0.2) is 0 Å². The van der Waals surface area contributed by atoms with Gasteiger partial charge in [0.05, 0.1) is 16.2 Å². The standard InChI is InChI=1S/C19H15ClN2O3/c1-2-11-22-15-10-6-3-7-12(15)17(23)16(19(22)25)18(24)21-14-9-5-4-8-13(14)20/h2-10,23H,1,11H2,(H,21,24). The van der Waals surface area contributed by atoms with Crippen LogP contribution in [-0.4, -0.2) is 15.6 Å².